The third-order valence-electron chi connectivity index (χ3n) is 4.36. The van der Waals surface area contributed by atoms with Gasteiger partial charge in [-0.2, -0.15) is 0 Å². The van der Waals surface area contributed by atoms with E-state index in [-0.39, 0.29) is 11.7 Å². The van der Waals surface area contributed by atoms with Gasteiger partial charge in [-0.05, 0) is 42.8 Å². The average Bonchev–Trinajstić information content (AvgIpc) is 2.67. The molecule has 1 amide bonds. The summed E-state index contributed by atoms with van der Waals surface area (Å²) in [7, 11) is 0. The number of hydrogen-bond donors (Lipinski definition) is 0. The fraction of sp³-hybridized carbons (Fsp3) is 0.286. The van der Waals surface area contributed by atoms with Gasteiger partial charge in [0.1, 0.15) is 11.6 Å². The summed E-state index contributed by atoms with van der Waals surface area (Å²) < 4.78 is 18.9. The predicted molar refractivity (Wildman–Crippen MR) is 102 cm³/mol. The number of halogens is 1. The van der Waals surface area contributed by atoms with Crippen molar-refractivity contribution < 1.29 is 13.9 Å². The fourth-order valence-corrected chi connectivity index (χ4v) is 3.05. The molecule has 1 heterocycles. The second kappa shape index (κ2) is 8.52. The first-order valence-corrected chi connectivity index (χ1v) is 8.86. The maximum absolute atomic E-state index is 13.2. The molecule has 136 valence electrons. The summed E-state index contributed by atoms with van der Waals surface area (Å²) in [5, 5.41) is 0. The van der Waals surface area contributed by atoms with Crippen LogP contribution in [0.3, 0.4) is 0 Å². The van der Waals surface area contributed by atoms with Gasteiger partial charge in [-0.3, -0.25) is 4.79 Å². The lowest BCUT2D eigenvalue weighted by Gasteiger charge is -2.36. The van der Waals surface area contributed by atoms with Crippen LogP contribution in [0.1, 0.15) is 12.5 Å². The number of para-hydroxylation sites is 2. The van der Waals surface area contributed by atoms with E-state index in [0.29, 0.717) is 25.3 Å². The summed E-state index contributed by atoms with van der Waals surface area (Å²) in [6, 6.07) is 14.2. The van der Waals surface area contributed by atoms with Gasteiger partial charge < -0.3 is 14.5 Å². The van der Waals surface area contributed by atoms with Gasteiger partial charge in [-0.1, -0.05) is 24.3 Å². The van der Waals surface area contributed by atoms with Crippen LogP contribution in [0, 0.1) is 5.82 Å². The van der Waals surface area contributed by atoms with Crippen LogP contribution in [-0.2, 0) is 4.79 Å². The SMILES string of the molecule is CCOc1ccccc1N1CCN(C(=O)/C=C/c2cccc(F)c2)CC1. The number of piperazine rings is 1. The third kappa shape index (κ3) is 4.42. The molecule has 5 heteroatoms. The minimum absolute atomic E-state index is 0.0491. The highest BCUT2D eigenvalue weighted by Gasteiger charge is 2.21. The number of rotatable bonds is 5. The van der Waals surface area contributed by atoms with Crippen molar-refractivity contribution in [3.63, 3.8) is 0 Å². The van der Waals surface area contributed by atoms with Crippen LogP contribution in [-0.4, -0.2) is 43.6 Å². The van der Waals surface area contributed by atoms with Crippen LogP contribution >= 0.6 is 0 Å². The fourth-order valence-electron chi connectivity index (χ4n) is 3.05. The normalized spacial score (nSPS) is 14.7. The van der Waals surface area contributed by atoms with Gasteiger partial charge in [-0.25, -0.2) is 4.39 Å². The zero-order valence-corrected chi connectivity index (χ0v) is 14.9. The van der Waals surface area contributed by atoms with Gasteiger partial charge in [0.05, 0.1) is 12.3 Å². The highest BCUT2D eigenvalue weighted by molar-refractivity contribution is 5.92. The highest BCUT2D eigenvalue weighted by atomic mass is 19.1. The first-order valence-electron chi connectivity index (χ1n) is 8.86. The van der Waals surface area contributed by atoms with Crippen molar-refractivity contribution in [1.82, 2.24) is 4.90 Å². The minimum Gasteiger partial charge on any atom is -0.492 e. The molecule has 2 aromatic rings. The Bertz CT molecular complexity index is 783. The molecule has 0 N–H and O–H groups in total. The molecule has 0 bridgehead atoms. The van der Waals surface area contributed by atoms with Crippen molar-refractivity contribution in [2.24, 2.45) is 0 Å². The Kier molecular flexibility index (Phi) is 5.89. The second-order valence-corrected chi connectivity index (χ2v) is 6.10. The van der Waals surface area contributed by atoms with Crippen molar-refractivity contribution in [3.05, 3.63) is 66.0 Å². The van der Waals surface area contributed by atoms with Gasteiger partial charge in [0.25, 0.3) is 0 Å². The Morgan fingerprint density at radius 3 is 2.62 bits per heavy atom. The Morgan fingerprint density at radius 2 is 1.88 bits per heavy atom. The Labute approximate surface area is 153 Å². The highest BCUT2D eigenvalue weighted by Crippen LogP contribution is 2.28. The lowest BCUT2D eigenvalue weighted by atomic mass is 10.2. The number of amides is 1. The first kappa shape index (κ1) is 18.0. The zero-order valence-electron chi connectivity index (χ0n) is 14.9. The quantitative estimate of drug-likeness (QED) is 0.770. The topological polar surface area (TPSA) is 32.8 Å². The molecular formula is C21H23FN2O2. The molecule has 26 heavy (non-hydrogen) atoms. The molecule has 0 aliphatic carbocycles. The Hall–Kier alpha value is -2.82. The maximum Gasteiger partial charge on any atom is 0.246 e. The molecule has 0 unspecified atom stereocenters. The number of ether oxygens (including phenoxy) is 1. The van der Waals surface area contributed by atoms with Crippen LogP contribution in [0.4, 0.5) is 10.1 Å². The summed E-state index contributed by atoms with van der Waals surface area (Å²) in [5.41, 5.74) is 1.75. The summed E-state index contributed by atoms with van der Waals surface area (Å²) in [5.74, 6) is 0.522. The van der Waals surface area contributed by atoms with Crippen LogP contribution in [0.5, 0.6) is 5.75 Å². The van der Waals surface area contributed by atoms with Gasteiger partial charge >= 0.3 is 0 Å². The minimum atomic E-state index is -0.304. The first-order chi connectivity index (χ1) is 12.7. The van der Waals surface area contributed by atoms with E-state index in [4.69, 9.17) is 4.74 Å². The smallest absolute Gasteiger partial charge is 0.246 e. The van der Waals surface area contributed by atoms with E-state index < -0.39 is 0 Å². The Morgan fingerprint density at radius 1 is 1.12 bits per heavy atom. The third-order valence-corrected chi connectivity index (χ3v) is 4.36. The summed E-state index contributed by atoms with van der Waals surface area (Å²) in [6.07, 6.45) is 3.17. The maximum atomic E-state index is 13.2. The molecule has 1 aliphatic rings. The van der Waals surface area contributed by atoms with E-state index in [1.54, 1.807) is 18.2 Å². The summed E-state index contributed by atoms with van der Waals surface area (Å²) in [4.78, 5) is 16.4. The molecule has 0 aromatic heterocycles. The number of carbonyl (C=O) groups is 1. The molecule has 0 spiro atoms. The molecule has 1 aliphatic heterocycles. The molecule has 1 saturated heterocycles. The van der Waals surface area contributed by atoms with Crippen molar-refractivity contribution in [2.45, 2.75) is 6.92 Å². The van der Waals surface area contributed by atoms with Gasteiger partial charge in [0.15, 0.2) is 0 Å². The van der Waals surface area contributed by atoms with Crippen LogP contribution in [0.25, 0.3) is 6.08 Å². The van der Waals surface area contributed by atoms with Crippen molar-refractivity contribution in [1.29, 1.82) is 0 Å². The molecule has 0 radical (unpaired) electrons. The molecule has 4 nitrogen and oxygen atoms in total. The van der Waals surface area contributed by atoms with Gasteiger partial charge in [0, 0.05) is 32.3 Å². The van der Waals surface area contributed by atoms with Crippen LogP contribution < -0.4 is 9.64 Å². The van der Waals surface area contributed by atoms with E-state index in [2.05, 4.69) is 4.90 Å². The molecule has 3 rings (SSSR count). The average molecular weight is 354 g/mol. The lowest BCUT2D eigenvalue weighted by molar-refractivity contribution is -0.126. The molecule has 1 fully saturated rings. The van der Waals surface area contributed by atoms with E-state index >= 15 is 0 Å². The Balaban J connectivity index is 1.59. The zero-order chi connectivity index (χ0) is 18.4. The number of benzene rings is 2. The van der Waals surface area contributed by atoms with Crippen molar-refractivity contribution >= 4 is 17.7 Å². The van der Waals surface area contributed by atoms with Crippen LogP contribution in [0.15, 0.2) is 54.6 Å². The monoisotopic (exact) mass is 354 g/mol. The number of carbonyl (C=O) groups excluding carboxylic acids is 1. The molecule has 0 saturated carbocycles. The number of anilines is 1. The van der Waals surface area contributed by atoms with E-state index in [0.717, 1.165) is 24.5 Å². The summed E-state index contributed by atoms with van der Waals surface area (Å²) >= 11 is 0. The van der Waals surface area contributed by atoms with Crippen LogP contribution in [0.2, 0.25) is 0 Å². The molecule has 0 atom stereocenters. The number of nitrogens with zero attached hydrogens (tertiary/aromatic N) is 2. The van der Waals surface area contributed by atoms with E-state index in [9.17, 15) is 9.18 Å². The van der Waals surface area contributed by atoms with Gasteiger partial charge in [-0.15, -0.1) is 0 Å². The number of hydrogen-bond acceptors (Lipinski definition) is 3. The van der Waals surface area contributed by atoms with Gasteiger partial charge in [0.2, 0.25) is 5.91 Å². The standard InChI is InChI=1S/C21H23FN2O2/c1-2-26-20-9-4-3-8-19(20)23-12-14-24(15-13-23)21(25)11-10-17-6-5-7-18(22)16-17/h3-11,16H,2,12-15H2,1H3/b11-10+. The largest absolute Gasteiger partial charge is 0.492 e. The van der Waals surface area contributed by atoms with Crippen molar-refractivity contribution in [2.75, 3.05) is 37.7 Å². The van der Waals surface area contributed by atoms with E-state index in [1.165, 1.54) is 18.2 Å². The molecular weight excluding hydrogens is 331 g/mol. The summed E-state index contributed by atoms with van der Waals surface area (Å²) in [6.45, 7) is 5.39. The predicted octanol–water partition coefficient (Wildman–Crippen LogP) is 3.59. The second-order valence-electron chi connectivity index (χ2n) is 6.10. The molecule has 2 aromatic carbocycles. The van der Waals surface area contributed by atoms with Crippen molar-refractivity contribution in [3.8, 4) is 5.75 Å². The van der Waals surface area contributed by atoms with E-state index in [1.807, 2.05) is 36.1 Å². The lowest BCUT2D eigenvalue weighted by Crippen LogP contribution is -2.48.